The van der Waals surface area contributed by atoms with Crippen LogP contribution in [0, 0.1) is 11.8 Å². The SMILES string of the molecule is CN=C(NCc1ccc(N2CCC(C)CC2)cc1)N(C)CCC1CCOCC1. The fourth-order valence-electron chi connectivity index (χ4n) is 4.17. The molecule has 1 aromatic rings. The van der Waals surface area contributed by atoms with Crippen molar-refractivity contribution in [1.82, 2.24) is 10.2 Å². The van der Waals surface area contributed by atoms with Crippen molar-refractivity contribution >= 4 is 11.6 Å². The van der Waals surface area contributed by atoms with Crippen molar-refractivity contribution in [2.24, 2.45) is 16.8 Å². The molecule has 2 fully saturated rings. The third-order valence-corrected chi connectivity index (χ3v) is 6.32. The highest BCUT2D eigenvalue weighted by Gasteiger charge is 2.17. The van der Waals surface area contributed by atoms with Gasteiger partial charge < -0.3 is 19.9 Å². The molecule has 5 nitrogen and oxygen atoms in total. The van der Waals surface area contributed by atoms with Crippen molar-refractivity contribution in [1.29, 1.82) is 0 Å². The van der Waals surface area contributed by atoms with Crippen LogP contribution in [0.3, 0.4) is 0 Å². The maximum Gasteiger partial charge on any atom is 0.193 e. The quantitative estimate of drug-likeness (QED) is 0.597. The summed E-state index contributed by atoms with van der Waals surface area (Å²) in [4.78, 5) is 9.23. The largest absolute Gasteiger partial charge is 0.381 e. The van der Waals surface area contributed by atoms with E-state index in [0.29, 0.717) is 0 Å². The molecular formula is C23H38N4O. The van der Waals surface area contributed by atoms with Gasteiger partial charge in [0, 0.05) is 59.2 Å². The number of aliphatic imine (C=N–C) groups is 1. The molecule has 2 saturated heterocycles. The molecule has 0 amide bonds. The first-order chi connectivity index (χ1) is 13.7. The Morgan fingerprint density at radius 2 is 1.82 bits per heavy atom. The summed E-state index contributed by atoms with van der Waals surface area (Å²) in [7, 11) is 4.00. The first kappa shape index (κ1) is 21.0. The smallest absolute Gasteiger partial charge is 0.193 e. The van der Waals surface area contributed by atoms with E-state index < -0.39 is 0 Å². The number of hydrogen-bond acceptors (Lipinski definition) is 3. The van der Waals surface area contributed by atoms with Gasteiger partial charge in [-0.2, -0.15) is 0 Å². The topological polar surface area (TPSA) is 40.1 Å². The zero-order valence-corrected chi connectivity index (χ0v) is 18.0. The Balaban J connectivity index is 1.43. The second kappa shape index (κ2) is 10.7. The highest BCUT2D eigenvalue weighted by atomic mass is 16.5. The lowest BCUT2D eigenvalue weighted by Gasteiger charge is -2.32. The first-order valence-corrected chi connectivity index (χ1v) is 11.0. The normalized spacial score (nSPS) is 19.7. The molecule has 3 rings (SSSR count). The molecule has 0 atom stereocenters. The predicted molar refractivity (Wildman–Crippen MR) is 118 cm³/mol. The average Bonchev–Trinajstić information content (AvgIpc) is 2.74. The summed E-state index contributed by atoms with van der Waals surface area (Å²) in [6.07, 6.45) is 6.22. The van der Waals surface area contributed by atoms with Gasteiger partial charge >= 0.3 is 0 Å². The summed E-state index contributed by atoms with van der Waals surface area (Å²) in [6.45, 7) is 8.43. The van der Waals surface area contributed by atoms with E-state index in [2.05, 4.69) is 58.3 Å². The second-order valence-corrected chi connectivity index (χ2v) is 8.50. The third kappa shape index (κ3) is 6.13. The van der Waals surface area contributed by atoms with Crippen LogP contribution >= 0.6 is 0 Å². The Hall–Kier alpha value is -1.75. The number of guanidine groups is 1. The minimum Gasteiger partial charge on any atom is -0.381 e. The molecule has 0 spiro atoms. The molecule has 0 unspecified atom stereocenters. The van der Waals surface area contributed by atoms with Crippen LogP contribution in [0.15, 0.2) is 29.3 Å². The molecule has 0 radical (unpaired) electrons. The summed E-state index contributed by atoms with van der Waals surface area (Å²) < 4.78 is 5.46. The fourth-order valence-corrected chi connectivity index (χ4v) is 4.17. The van der Waals surface area contributed by atoms with E-state index in [4.69, 9.17) is 4.74 Å². The molecule has 156 valence electrons. The molecule has 1 aromatic carbocycles. The molecule has 0 aromatic heterocycles. The molecule has 2 heterocycles. The van der Waals surface area contributed by atoms with Gasteiger partial charge in [0.05, 0.1) is 0 Å². The van der Waals surface area contributed by atoms with Crippen LogP contribution in [-0.4, -0.2) is 57.8 Å². The molecule has 0 aliphatic carbocycles. The van der Waals surface area contributed by atoms with Crippen LogP contribution in [0.4, 0.5) is 5.69 Å². The Kier molecular flexibility index (Phi) is 8.01. The minimum absolute atomic E-state index is 0.791. The Bertz CT molecular complexity index is 602. The number of piperidine rings is 1. The molecule has 5 heteroatoms. The Morgan fingerprint density at radius 3 is 2.46 bits per heavy atom. The summed E-state index contributed by atoms with van der Waals surface area (Å²) in [6, 6.07) is 9.03. The van der Waals surface area contributed by atoms with Crippen molar-refractivity contribution < 1.29 is 4.74 Å². The van der Waals surface area contributed by atoms with E-state index in [1.54, 1.807) is 0 Å². The van der Waals surface area contributed by atoms with Gasteiger partial charge in [-0.1, -0.05) is 19.1 Å². The van der Waals surface area contributed by atoms with Gasteiger partial charge in [0.15, 0.2) is 5.96 Å². The highest BCUT2D eigenvalue weighted by molar-refractivity contribution is 5.79. The van der Waals surface area contributed by atoms with Crippen LogP contribution in [0.2, 0.25) is 0 Å². The van der Waals surface area contributed by atoms with Crippen LogP contribution < -0.4 is 10.2 Å². The standard InChI is InChI=1S/C23H38N4O/c1-19-8-14-27(15-9-19)22-6-4-21(5-7-22)18-25-23(24-2)26(3)13-10-20-11-16-28-17-12-20/h4-7,19-20H,8-18H2,1-3H3,(H,24,25). The van der Waals surface area contributed by atoms with Crippen molar-refractivity contribution in [2.45, 2.75) is 45.6 Å². The summed E-state index contributed by atoms with van der Waals surface area (Å²) in [5.41, 5.74) is 2.65. The van der Waals surface area contributed by atoms with Gasteiger partial charge in [0.2, 0.25) is 0 Å². The molecule has 2 aliphatic rings. The number of nitrogens with zero attached hydrogens (tertiary/aromatic N) is 3. The maximum absolute atomic E-state index is 5.46. The molecule has 2 aliphatic heterocycles. The van der Waals surface area contributed by atoms with Crippen molar-refractivity contribution in [2.75, 3.05) is 51.8 Å². The van der Waals surface area contributed by atoms with Crippen LogP contribution in [0.25, 0.3) is 0 Å². The second-order valence-electron chi connectivity index (χ2n) is 8.50. The van der Waals surface area contributed by atoms with Gasteiger partial charge in [-0.25, -0.2) is 0 Å². The summed E-state index contributed by atoms with van der Waals surface area (Å²) in [5.74, 6) is 2.63. The average molecular weight is 387 g/mol. The van der Waals surface area contributed by atoms with E-state index in [1.807, 2.05) is 7.05 Å². The fraction of sp³-hybridized carbons (Fsp3) is 0.696. The number of benzene rings is 1. The molecular weight excluding hydrogens is 348 g/mol. The monoisotopic (exact) mass is 386 g/mol. The zero-order chi connectivity index (χ0) is 19.8. The third-order valence-electron chi connectivity index (χ3n) is 6.32. The lowest BCUT2D eigenvalue weighted by atomic mass is 9.96. The number of nitrogens with one attached hydrogen (secondary N) is 1. The van der Waals surface area contributed by atoms with Crippen LogP contribution in [0.5, 0.6) is 0 Å². The van der Waals surface area contributed by atoms with E-state index >= 15 is 0 Å². The Labute approximate surface area is 171 Å². The predicted octanol–water partition coefficient (Wildman–Crippen LogP) is 3.75. The molecule has 1 N–H and O–H groups in total. The van der Waals surface area contributed by atoms with Gasteiger partial charge in [-0.05, 0) is 61.6 Å². The Morgan fingerprint density at radius 1 is 1.14 bits per heavy atom. The number of ether oxygens (including phenoxy) is 1. The zero-order valence-electron chi connectivity index (χ0n) is 18.0. The van der Waals surface area contributed by atoms with Gasteiger partial charge in [0.1, 0.15) is 0 Å². The summed E-state index contributed by atoms with van der Waals surface area (Å²) in [5, 5.41) is 3.52. The van der Waals surface area contributed by atoms with Gasteiger partial charge in [0.25, 0.3) is 0 Å². The number of rotatable bonds is 6. The van der Waals surface area contributed by atoms with E-state index in [9.17, 15) is 0 Å². The first-order valence-electron chi connectivity index (χ1n) is 11.0. The van der Waals surface area contributed by atoms with Crippen molar-refractivity contribution in [3.63, 3.8) is 0 Å². The molecule has 0 saturated carbocycles. The van der Waals surface area contributed by atoms with Crippen LogP contribution in [-0.2, 0) is 11.3 Å². The van der Waals surface area contributed by atoms with Gasteiger partial charge in [-0.15, -0.1) is 0 Å². The molecule has 28 heavy (non-hydrogen) atoms. The van der Waals surface area contributed by atoms with E-state index in [1.165, 1.54) is 56.4 Å². The molecule has 0 bridgehead atoms. The summed E-state index contributed by atoms with van der Waals surface area (Å²) >= 11 is 0. The van der Waals surface area contributed by atoms with Gasteiger partial charge in [-0.3, -0.25) is 4.99 Å². The highest BCUT2D eigenvalue weighted by Crippen LogP contribution is 2.23. The lowest BCUT2D eigenvalue weighted by molar-refractivity contribution is 0.0625. The van der Waals surface area contributed by atoms with E-state index in [0.717, 1.165) is 44.1 Å². The van der Waals surface area contributed by atoms with E-state index in [-0.39, 0.29) is 0 Å². The lowest BCUT2D eigenvalue weighted by Crippen LogP contribution is -2.39. The maximum atomic E-state index is 5.46. The van der Waals surface area contributed by atoms with Crippen molar-refractivity contribution in [3.8, 4) is 0 Å². The number of hydrogen-bond donors (Lipinski definition) is 1. The van der Waals surface area contributed by atoms with Crippen LogP contribution in [0.1, 0.15) is 44.6 Å². The van der Waals surface area contributed by atoms with Crippen molar-refractivity contribution in [3.05, 3.63) is 29.8 Å². The number of anilines is 1. The minimum atomic E-state index is 0.791.